The summed E-state index contributed by atoms with van der Waals surface area (Å²) in [5.41, 5.74) is 3.62. The molecule has 28 nitrogen and oxygen atoms in total. The predicted octanol–water partition coefficient (Wildman–Crippen LogP) is 1.51. The predicted molar refractivity (Wildman–Crippen MR) is 335 cm³/mol. The number of hydrogen-bond acceptors (Lipinski definition) is 18. The van der Waals surface area contributed by atoms with E-state index < -0.39 is 179 Å². The van der Waals surface area contributed by atoms with Crippen molar-refractivity contribution in [3.63, 3.8) is 0 Å². The maximum absolute atomic E-state index is 15.2. The van der Waals surface area contributed by atoms with Crippen molar-refractivity contribution in [3.8, 4) is 11.5 Å². The maximum atomic E-state index is 15.2. The van der Waals surface area contributed by atoms with Crippen LogP contribution >= 0.6 is 0 Å². The summed E-state index contributed by atoms with van der Waals surface area (Å²) in [6.45, 7) is 19.1. The minimum absolute atomic E-state index is 0.0735. The summed E-state index contributed by atoms with van der Waals surface area (Å²) >= 11 is 0. The second kappa shape index (κ2) is 28.8. The van der Waals surface area contributed by atoms with Crippen LogP contribution in [-0.4, -0.2) is 220 Å². The highest BCUT2D eigenvalue weighted by Crippen LogP contribution is 2.35. The van der Waals surface area contributed by atoms with E-state index in [0.29, 0.717) is 18.4 Å². The number of fused-ring (bicyclic) bond motifs is 4. The number of nitrogens with two attached hydrogens (primary N) is 1. The summed E-state index contributed by atoms with van der Waals surface area (Å²) in [6, 6.07) is -7.84. The number of aromatic nitrogens is 1. The lowest BCUT2D eigenvalue weighted by Gasteiger charge is -2.35. The quantitative estimate of drug-likeness (QED) is 0.109. The normalized spacial score (nSPS) is 25.9. The Balaban J connectivity index is 1.32. The van der Waals surface area contributed by atoms with Crippen LogP contribution in [0.2, 0.25) is 0 Å². The molecule has 4 saturated heterocycles. The molecule has 10 amide bonds. The average molecular weight is 1280 g/mol. The summed E-state index contributed by atoms with van der Waals surface area (Å²) in [4.78, 5) is 200. The van der Waals surface area contributed by atoms with E-state index in [1.807, 2.05) is 27.7 Å². The second-order valence-corrected chi connectivity index (χ2v) is 26.5. The van der Waals surface area contributed by atoms with Crippen molar-refractivity contribution in [3.05, 3.63) is 44.6 Å². The van der Waals surface area contributed by atoms with Crippen molar-refractivity contribution in [2.75, 3.05) is 60.1 Å². The molecule has 0 bridgehead atoms. The zero-order valence-corrected chi connectivity index (χ0v) is 55.5. The zero-order chi connectivity index (χ0) is 68.4. The molecule has 0 spiro atoms. The van der Waals surface area contributed by atoms with Crippen LogP contribution in [0.3, 0.4) is 0 Å². The molecule has 92 heavy (non-hydrogen) atoms. The number of nitrogen functional groups attached to an aromatic ring is 1. The Morgan fingerprint density at radius 2 is 1.05 bits per heavy atom. The van der Waals surface area contributed by atoms with Gasteiger partial charge < -0.3 is 70.3 Å². The van der Waals surface area contributed by atoms with Gasteiger partial charge in [-0.1, -0.05) is 61.5 Å². The molecule has 5 aliphatic heterocycles. The number of nitrogens with zero attached hydrogens (tertiary/aromatic N) is 7. The molecule has 1 aliphatic carbocycles. The summed E-state index contributed by atoms with van der Waals surface area (Å²) < 4.78 is 18.4. The number of carbonyl (C=O) groups is 12. The van der Waals surface area contributed by atoms with Crippen molar-refractivity contribution in [1.29, 1.82) is 0 Å². The Morgan fingerprint density at radius 3 is 1.47 bits per heavy atom. The van der Waals surface area contributed by atoms with Gasteiger partial charge in [0.05, 0.1) is 29.9 Å². The van der Waals surface area contributed by atoms with Crippen LogP contribution in [0.4, 0.5) is 5.69 Å². The lowest BCUT2D eigenvalue weighted by molar-refractivity contribution is -0.162. The molecule has 502 valence electrons. The van der Waals surface area contributed by atoms with Crippen LogP contribution in [0.25, 0.3) is 22.6 Å². The van der Waals surface area contributed by atoms with Gasteiger partial charge >= 0.3 is 11.9 Å². The van der Waals surface area contributed by atoms with Crippen LogP contribution in [0.5, 0.6) is 0 Å². The standard InChI is InChI=1S/C64H90N12O16/c1-29(2)25-40-63(88)90-35(11)48(57(82)67-46(31(5)6)61(86)75-23-17-19-38(75)59(84)71(13)27-42(77)73(40)15)69-55(80)37-22-21-33(9)53-50(37)66-51-44(45(65)52(79)34(10)54(51)92-53)56(81)70-49-36(12)91-64(89)41(26-30(3)4)74(16)43(78)28-72(14)60(85)39-20-18-24-76(39)62(87)47(32(7)8)68-58(49)83/h21-22,29-32,35-36,38-41,46-49H,17-20,23-28,65H2,1-16H3,(H,67,82)(H,68,83)(H,69,80)(H,70,81)/t35-,36-,38+,39+,40+,41+,46-,47+,48+,49+/m1/s1. The second-order valence-electron chi connectivity index (χ2n) is 26.5. The van der Waals surface area contributed by atoms with E-state index in [1.165, 1.54) is 85.6 Å². The minimum Gasteiger partial charge on any atom is -0.458 e. The van der Waals surface area contributed by atoms with E-state index in [9.17, 15) is 52.7 Å². The number of amides is 10. The topological polar surface area (TPSA) is 360 Å². The van der Waals surface area contributed by atoms with Gasteiger partial charge in [0.1, 0.15) is 71.8 Å². The number of hydrogen-bond donors (Lipinski definition) is 5. The van der Waals surface area contributed by atoms with Gasteiger partial charge in [-0.15, -0.1) is 0 Å². The van der Waals surface area contributed by atoms with Gasteiger partial charge in [0.2, 0.25) is 52.7 Å². The van der Waals surface area contributed by atoms with Crippen LogP contribution < -0.4 is 32.4 Å². The number of ether oxygens (including phenoxy) is 2. The maximum Gasteiger partial charge on any atom is 0.329 e. The van der Waals surface area contributed by atoms with Crippen molar-refractivity contribution in [2.45, 2.75) is 182 Å². The summed E-state index contributed by atoms with van der Waals surface area (Å²) in [6.07, 6.45) is -1.46. The van der Waals surface area contributed by atoms with Crippen molar-refractivity contribution in [2.24, 2.45) is 23.7 Å². The molecule has 0 unspecified atom stereocenters. The first-order chi connectivity index (χ1) is 43.1. The highest BCUT2D eigenvalue weighted by Gasteiger charge is 2.46. The van der Waals surface area contributed by atoms with Crippen LogP contribution in [0.1, 0.15) is 140 Å². The van der Waals surface area contributed by atoms with Gasteiger partial charge in [-0.05, 0) is 102 Å². The number of aryl methyl sites for hydroxylation is 1. The Hall–Kier alpha value is -8.72. The van der Waals surface area contributed by atoms with E-state index in [1.54, 1.807) is 34.6 Å². The first-order valence-corrected chi connectivity index (χ1v) is 31.5. The van der Waals surface area contributed by atoms with E-state index in [0.717, 1.165) is 4.90 Å². The van der Waals surface area contributed by atoms with Gasteiger partial charge in [-0.2, -0.15) is 0 Å². The molecule has 0 saturated carbocycles. The van der Waals surface area contributed by atoms with E-state index >= 15 is 9.59 Å². The number of benzene rings is 2. The third-order valence-electron chi connectivity index (χ3n) is 17.8. The van der Waals surface area contributed by atoms with Gasteiger partial charge in [0.25, 0.3) is 11.8 Å². The number of carbonyl (C=O) groups excluding carboxylic acids is 12. The van der Waals surface area contributed by atoms with Gasteiger partial charge in [0.15, 0.2) is 11.3 Å². The van der Waals surface area contributed by atoms with Crippen LogP contribution in [0.15, 0.2) is 21.3 Å². The first-order valence-electron chi connectivity index (χ1n) is 31.5. The Kier molecular flexibility index (Phi) is 22.2. The Morgan fingerprint density at radius 1 is 0.630 bits per heavy atom. The van der Waals surface area contributed by atoms with Crippen LogP contribution in [-0.2, 0) is 57.4 Å². The van der Waals surface area contributed by atoms with Gasteiger partial charge in [-0.3, -0.25) is 52.7 Å². The highest BCUT2D eigenvalue weighted by molar-refractivity contribution is 6.10. The molecule has 6 aliphatic rings. The molecule has 1 aromatic rings. The molecule has 7 rings (SSSR count). The first kappa shape index (κ1) is 70.7. The molecule has 0 radical (unpaired) electrons. The highest BCUT2D eigenvalue weighted by atomic mass is 16.6. The number of anilines is 1. The number of esters is 2. The molecule has 6 N–H and O–H groups in total. The fourth-order valence-corrected chi connectivity index (χ4v) is 12.3. The van der Waals surface area contributed by atoms with Gasteiger partial charge in [-0.25, -0.2) is 14.6 Å². The average Bonchev–Trinajstić information content (AvgIpc) is 0.946. The third kappa shape index (κ3) is 14.8. The number of rotatable bonds is 10. The smallest absolute Gasteiger partial charge is 0.329 e. The molecule has 0 aromatic heterocycles. The van der Waals surface area contributed by atoms with Gasteiger partial charge in [0, 0.05) is 46.8 Å². The molecule has 5 heterocycles. The molecule has 1 aromatic carbocycles. The molecule has 10 atom stereocenters. The summed E-state index contributed by atoms with van der Waals surface area (Å²) in [5, 5.41) is 10.7. The molecular weight excluding hydrogens is 1190 g/mol. The fraction of sp³-hybridized carbons (Fsp3) is 0.625. The monoisotopic (exact) mass is 1280 g/mol. The van der Waals surface area contributed by atoms with Crippen molar-refractivity contribution in [1.82, 2.24) is 55.7 Å². The Bertz CT molecular complexity index is 3450. The minimum atomic E-state index is -1.88. The number of likely N-dealkylation sites (N-methyl/N-ethyl adjacent to an activating group) is 4. The third-order valence-corrected chi connectivity index (χ3v) is 17.8. The Labute approximate surface area is 535 Å². The summed E-state index contributed by atoms with van der Waals surface area (Å²) in [5.74, 6) is -11.5. The number of cyclic esters (lactones) is 2. The molecule has 4 fully saturated rings. The van der Waals surface area contributed by atoms with Crippen LogP contribution in [0, 0.1) is 37.5 Å². The van der Waals surface area contributed by atoms with Crippen molar-refractivity contribution < 1.29 is 71.4 Å². The molecule has 28 heteroatoms. The largest absolute Gasteiger partial charge is 0.458 e. The SMILES string of the molecule is Cc1c2oc3c(C)ccc(C(=O)N[C@@H]4C(=O)N[C@H](C(C)C)C(=O)N5CCC[C@H]5C(=O)N(C)CC(=O)N(C)[C@@H](CC(C)C)C(=O)O[C@@H]4C)c3nc-2c(C(=O)N[C@@H]2C(=O)N[C@@H](C(C)C)C(=O)N3CCC[C@H]3C(=O)N(C)CC(=O)N(C)[C@@H](CC(C)C)C(=O)O[C@@H]2C)c(N)c1=O. The summed E-state index contributed by atoms with van der Waals surface area (Å²) in [7, 11) is 5.63. The zero-order valence-electron chi connectivity index (χ0n) is 55.5. The molecular formula is C64H90N12O16. The van der Waals surface area contributed by atoms with Crippen molar-refractivity contribution >= 4 is 87.8 Å². The van der Waals surface area contributed by atoms with E-state index in [-0.39, 0.29) is 78.6 Å². The lowest BCUT2D eigenvalue weighted by atomic mass is 9.98. The fourth-order valence-electron chi connectivity index (χ4n) is 12.3. The van der Waals surface area contributed by atoms with E-state index in [2.05, 4.69) is 21.3 Å². The number of nitrogens with one attached hydrogen (secondary N) is 4. The van der Waals surface area contributed by atoms with E-state index in [4.69, 9.17) is 24.6 Å². The lowest BCUT2D eigenvalue weighted by Crippen LogP contribution is -2.61.